The Hall–Kier alpha value is -3.08. The Labute approximate surface area is 204 Å². The van der Waals surface area contributed by atoms with Crippen LogP contribution in [0.1, 0.15) is 22.3 Å². The summed E-state index contributed by atoms with van der Waals surface area (Å²) in [6, 6.07) is 17.6. The predicted octanol–water partition coefficient (Wildman–Crippen LogP) is 2.23. The molecule has 2 amide bonds. The van der Waals surface area contributed by atoms with E-state index in [9.17, 15) is 9.59 Å². The van der Waals surface area contributed by atoms with E-state index in [0.29, 0.717) is 12.1 Å². The highest BCUT2D eigenvalue weighted by Gasteiger charge is 2.06. The number of carbonyl (C=O) groups is 2. The number of rotatable bonds is 9. The largest absolute Gasteiger partial charge is 0.368 e. The molecule has 1 aromatic heterocycles. The quantitative estimate of drug-likeness (QED) is 0.142. The van der Waals surface area contributed by atoms with Crippen molar-refractivity contribution >= 4 is 52.7 Å². The lowest BCUT2D eigenvalue weighted by atomic mass is 10.1. The molecule has 1 heterocycles. The van der Waals surface area contributed by atoms with Gasteiger partial charge in [0.25, 0.3) is 5.91 Å². The zero-order valence-corrected chi connectivity index (χ0v) is 20.3. The van der Waals surface area contributed by atoms with Crippen LogP contribution in [0.3, 0.4) is 0 Å². The molecule has 0 radical (unpaired) electrons. The van der Waals surface area contributed by atoms with Crippen LogP contribution in [0.15, 0.2) is 65.8 Å². The van der Waals surface area contributed by atoms with Crippen LogP contribution in [-0.4, -0.2) is 42.5 Å². The summed E-state index contributed by atoms with van der Waals surface area (Å²) >= 11 is 0. The Morgan fingerprint density at radius 1 is 1.00 bits per heavy atom. The fraction of sp³-hybridized carbons (Fsp3) is 0.261. The lowest BCUT2D eigenvalue weighted by molar-refractivity contribution is -0.117. The van der Waals surface area contributed by atoms with Crippen LogP contribution in [0.5, 0.6) is 0 Å². The standard InChI is InChI=1S/C23H28N6O2.HI/c1-25-23(26-12-4-13-29-14-11-18-5-2-3-6-20(18)29)28-15-17-7-9-19(10-8-17)22(31)27-16-21(24)30;/h2-3,5-11,14H,4,12-13,15-16H2,1H3,(H2,24,30)(H,27,31)(H2,25,26,28);1H. The molecule has 0 aliphatic heterocycles. The molecule has 0 spiro atoms. The lowest BCUT2D eigenvalue weighted by Gasteiger charge is -2.13. The van der Waals surface area contributed by atoms with Gasteiger partial charge in [-0.1, -0.05) is 30.3 Å². The number of primary amides is 1. The summed E-state index contributed by atoms with van der Waals surface area (Å²) in [7, 11) is 1.74. The van der Waals surface area contributed by atoms with Crippen LogP contribution < -0.4 is 21.7 Å². The van der Waals surface area contributed by atoms with Gasteiger partial charge in [0.1, 0.15) is 0 Å². The van der Waals surface area contributed by atoms with Gasteiger partial charge in [0.2, 0.25) is 5.91 Å². The van der Waals surface area contributed by atoms with Gasteiger partial charge in [-0.2, -0.15) is 0 Å². The second kappa shape index (κ2) is 12.7. The van der Waals surface area contributed by atoms with E-state index in [4.69, 9.17) is 5.73 Å². The maximum atomic E-state index is 11.9. The first-order valence-electron chi connectivity index (χ1n) is 10.2. The number of nitrogens with zero attached hydrogens (tertiary/aromatic N) is 2. The number of aryl methyl sites for hydroxylation is 1. The summed E-state index contributed by atoms with van der Waals surface area (Å²) in [4.78, 5) is 26.9. The van der Waals surface area contributed by atoms with Gasteiger partial charge >= 0.3 is 0 Å². The number of fused-ring (bicyclic) bond motifs is 1. The maximum Gasteiger partial charge on any atom is 0.251 e. The van der Waals surface area contributed by atoms with Crippen molar-refractivity contribution in [1.29, 1.82) is 0 Å². The summed E-state index contributed by atoms with van der Waals surface area (Å²) < 4.78 is 2.26. The summed E-state index contributed by atoms with van der Waals surface area (Å²) in [5, 5.41) is 10.3. The SMILES string of the molecule is CN=C(NCCCn1ccc2ccccc21)NCc1ccc(C(=O)NCC(N)=O)cc1.I. The van der Waals surface area contributed by atoms with Crippen molar-refractivity contribution in [1.82, 2.24) is 20.5 Å². The molecule has 0 saturated carbocycles. The molecule has 3 aromatic rings. The summed E-state index contributed by atoms with van der Waals surface area (Å²) in [5.74, 6) is -0.179. The number of aromatic nitrogens is 1. The predicted molar refractivity (Wildman–Crippen MR) is 138 cm³/mol. The lowest BCUT2D eigenvalue weighted by Crippen LogP contribution is -2.37. The number of nitrogens with one attached hydrogen (secondary N) is 3. The Bertz CT molecular complexity index is 1060. The van der Waals surface area contributed by atoms with Crippen molar-refractivity contribution in [3.8, 4) is 0 Å². The average Bonchev–Trinajstić information content (AvgIpc) is 3.20. The molecule has 8 nitrogen and oxygen atoms in total. The third kappa shape index (κ3) is 7.26. The molecule has 5 N–H and O–H groups in total. The van der Waals surface area contributed by atoms with E-state index in [1.807, 2.05) is 12.1 Å². The van der Waals surface area contributed by atoms with Crippen LogP contribution >= 0.6 is 24.0 Å². The molecule has 0 aliphatic carbocycles. The fourth-order valence-electron chi connectivity index (χ4n) is 3.24. The molecule has 0 aliphatic rings. The summed E-state index contributed by atoms with van der Waals surface area (Å²) in [5.41, 5.74) is 7.77. The maximum absolute atomic E-state index is 11.9. The average molecular weight is 548 g/mol. The molecule has 2 aromatic carbocycles. The Morgan fingerprint density at radius 3 is 2.47 bits per heavy atom. The Balaban J connectivity index is 0.00000363. The number of hydrogen-bond acceptors (Lipinski definition) is 3. The number of aliphatic imine (C=N–C) groups is 1. The smallest absolute Gasteiger partial charge is 0.251 e. The number of halogens is 1. The third-order valence-corrected chi connectivity index (χ3v) is 4.87. The third-order valence-electron chi connectivity index (χ3n) is 4.87. The van der Waals surface area contributed by atoms with Gasteiger partial charge in [0.05, 0.1) is 6.54 Å². The topological polar surface area (TPSA) is 114 Å². The molecule has 0 atom stereocenters. The number of benzene rings is 2. The van der Waals surface area contributed by atoms with Gasteiger partial charge in [-0.3, -0.25) is 14.6 Å². The van der Waals surface area contributed by atoms with Gasteiger partial charge < -0.3 is 26.3 Å². The molecule has 0 bridgehead atoms. The number of para-hydroxylation sites is 1. The minimum atomic E-state index is -0.574. The van der Waals surface area contributed by atoms with Gasteiger partial charge in [-0.25, -0.2) is 0 Å². The second-order valence-corrected chi connectivity index (χ2v) is 7.12. The van der Waals surface area contributed by atoms with Crippen molar-refractivity contribution in [3.63, 3.8) is 0 Å². The minimum absolute atomic E-state index is 0. The molecule has 0 unspecified atom stereocenters. The van der Waals surface area contributed by atoms with Crippen LogP contribution in [0.25, 0.3) is 10.9 Å². The second-order valence-electron chi connectivity index (χ2n) is 7.12. The van der Waals surface area contributed by atoms with Crippen molar-refractivity contribution in [2.45, 2.75) is 19.5 Å². The highest BCUT2D eigenvalue weighted by atomic mass is 127. The first-order valence-corrected chi connectivity index (χ1v) is 10.2. The van der Waals surface area contributed by atoms with Crippen molar-refractivity contribution in [2.24, 2.45) is 10.7 Å². The molecule has 32 heavy (non-hydrogen) atoms. The van der Waals surface area contributed by atoms with Crippen LogP contribution in [0.4, 0.5) is 0 Å². The van der Waals surface area contributed by atoms with Gasteiger partial charge in [-0.15, -0.1) is 24.0 Å². The molecule has 9 heteroatoms. The van der Waals surface area contributed by atoms with E-state index in [1.54, 1.807) is 19.2 Å². The molecule has 0 saturated heterocycles. The van der Waals surface area contributed by atoms with E-state index in [0.717, 1.165) is 31.0 Å². The zero-order valence-electron chi connectivity index (χ0n) is 18.0. The van der Waals surface area contributed by atoms with E-state index in [2.05, 4.69) is 62.0 Å². The Kier molecular flexibility index (Phi) is 9.99. The zero-order chi connectivity index (χ0) is 22.1. The van der Waals surface area contributed by atoms with Crippen LogP contribution in [0, 0.1) is 0 Å². The van der Waals surface area contributed by atoms with Crippen molar-refractivity contribution < 1.29 is 9.59 Å². The van der Waals surface area contributed by atoms with Gasteiger partial charge in [0, 0.05) is 44.0 Å². The van der Waals surface area contributed by atoms with E-state index in [1.165, 1.54) is 10.9 Å². The first-order chi connectivity index (χ1) is 15.1. The van der Waals surface area contributed by atoms with E-state index >= 15 is 0 Å². The first kappa shape index (κ1) is 25.2. The number of hydrogen-bond donors (Lipinski definition) is 4. The van der Waals surface area contributed by atoms with E-state index < -0.39 is 5.91 Å². The minimum Gasteiger partial charge on any atom is -0.368 e. The Morgan fingerprint density at radius 2 is 1.75 bits per heavy atom. The fourth-order valence-corrected chi connectivity index (χ4v) is 3.24. The number of nitrogens with two attached hydrogens (primary N) is 1. The molecule has 3 rings (SSSR count). The highest BCUT2D eigenvalue weighted by Crippen LogP contribution is 2.15. The van der Waals surface area contributed by atoms with E-state index in [-0.39, 0.29) is 36.4 Å². The van der Waals surface area contributed by atoms with Crippen molar-refractivity contribution in [3.05, 3.63) is 71.9 Å². The number of carbonyl (C=O) groups excluding carboxylic acids is 2. The monoisotopic (exact) mass is 548 g/mol. The number of guanidine groups is 1. The summed E-state index contributed by atoms with van der Waals surface area (Å²) in [6.07, 6.45) is 3.09. The number of amides is 2. The highest BCUT2D eigenvalue weighted by molar-refractivity contribution is 14.0. The van der Waals surface area contributed by atoms with Gasteiger partial charge in [0.15, 0.2) is 5.96 Å². The molecular weight excluding hydrogens is 519 g/mol. The van der Waals surface area contributed by atoms with Crippen LogP contribution in [0.2, 0.25) is 0 Å². The summed E-state index contributed by atoms with van der Waals surface area (Å²) in [6.45, 7) is 2.12. The molecule has 0 fully saturated rings. The molecule has 170 valence electrons. The normalized spacial score (nSPS) is 11.0. The van der Waals surface area contributed by atoms with Crippen LogP contribution in [-0.2, 0) is 17.9 Å². The molecular formula is C23H29IN6O2. The van der Waals surface area contributed by atoms with Crippen molar-refractivity contribution in [2.75, 3.05) is 20.1 Å². The van der Waals surface area contributed by atoms with Gasteiger partial charge in [-0.05, 0) is 41.6 Å².